The van der Waals surface area contributed by atoms with Gasteiger partial charge < -0.3 is 11.1 Å². The number of hydrogen-bond acceptors (Lipinski definition) is 8. The van der Waals surface area contributed by atoms with Crippen LogP contribution in [0.4, 0.5) is 22.0 Å². The molecule has 2 aromatic heterocycles. The zero-order valence-corrected chi connectivity index (χ0v) is 16.2. The molecule has 0 bridgehead atoms. The topological polar surface area (TPSA) is 118 Å². The Morgan fingerprint density at radius 3 is 2.55 bits per heavy atom. The molecule has 0 radical (unpaired) electrons. The molecular formula is C19H17FN8S. The molecule has 10 heteroatoms. The number of benzene rings is 2. The van der Waals surface area contributed by atoms with Gasteiger partial charge in [0.25, 0.3) is 0 Å². The number of thioether (sulfide) groups is 1. The second kappa shape index (κ2) is 8.23. The minimum absolute atomic E-state index is 0.114. The second-order valence-electron chi connectivity index (χ2n) is 6.07. The van der Waals surface area contributed by atoms with Gasteiger partial charge >= 0.3 is 0 Å². The normalized spacial score (nSPS) is 11.9. The van der Waals surface area contributed by atoms with Gasteiger partial charge in [0.15, 0.2) is 5.82 Å². The standard InChI is InChI=1S/C19H17FN8S/c1-11(29-19-25-16(27-28-19)13-9-5-6-10-14(13)20)15-23-17(21)26-18(24-15)22-12-7-3-2-4-8-12/h2-11H,1H3,(H,25,27,28)(H3,21,22,23,24,26)/t11-/m1/s1. The van der Waals surface area contributed by atoms with E-state index in [1.54, 1.807) is 18.2 Å². The molecule has 0 spiro atoms. The van der Waals surface area contributed by atoms with Crippen molar-refractivity contribution in [3.8, 4) is 11.4 Å². The maximum Gasteiger partial charge on any atom is 0.232 e. The van der Waals surface area contributed by atoms with Crippen LogP contribution in [0.1, 0.15) is 18.0 Å². The van der Waals surface area contributed by atoms with Crippen LogP contribution in [0.25, 0.3) is 11.4 Å². The Balaban J connectivity index is 1.51. The number of aromatic amines is 1. The Bertz CT molecular complexity index is 1120. The Labute approximate surface area is 170 Å². The Morgan fingerprint density at radius 2 is 1.76 bits per heavy atom. The highest BCUT2D eigenvalue weighted by atomic mass is 32.2. The van der Waals surface area contributed by atoms with Crippen molar-refractivity contribution in [3.63, 3.8) is 0 Å². The summed E-state index contributed by atoms with van der Waals surface area (Å²) in [4.78, 5) is 17.1. The minimum Gasteiger partial charge on any atom is -0.368 e. The fourth-order valence-corrected chi connectivity index (χ4v) is 3.35. The summed E-state index contributed by atoms with van der Waals surface area (Å²) in [5.74, 6) is 0.948. The van der Waals surface area contributed by atoms with E-state index in [-0.39, 0.29) is 17.0 Å². The summed E-state index contributed by atoms with van der Waals surface area (Å²) >= 11 is 1.33. The molecule has 0 fully saturated rings. The van der Waals surface area contributed by atoms with E-state index < -0.39 is 0 Å². The van der Waals surface area contributed by atoms with E-state index in [0.717, 1.165) is 5.69 Å². The predicted molar refractivity (Wildman–Crippen MR) is 110 cm³/mol. The molecule has 4 N–H and O–H groups in total. The Morgan fingerprint density at radius 1 is 1.00 bits per heavy atom. The van der Waals surface area contributed by atoms with Gasteiger partial charge in [-0.25, -0.2) is 9.37 Å². The summed E-state index contributed by atoms with van der Waals surface area (Å²) in [5.41, 5.74) is 7.05. The molecule has 146 valence electrons. The van der Waals surface area contributed by atoms with Crippen LogP contribution in [0.2, 0.25) is 0 Å². The lowest BCUT2D eigenvalue weighted by Crippen LogP contribution is -2.08. The highest BCUT2D eigenvalue weighted by Gasteiger charge is 2.17. The minimum atomic E-state index is -0.366. The highest BCUT2D eigenvalue weighted by molar-refractivity contribution is 7.99. The first-order valence-corrected chi connectivity index (χ1v) is 9.64. The molecule has 4 aromatic rings. The third-order valence-corrected chi connectivity index (χ3v) is 4.90. The zero-order valence-electron chi connectivity index (χ0n) is 15.4. The van der Waals surface area contributed by atoms with Gasteiger partial charge in [-0.1, -0.05) is 42.1 Å². The molecule has 4 rings (SSSR count). The number of nitrogens with zero attached hydrogens (tertiary/aromatic N) is 5. The van der Waals surface area contributed by atoms with Gasteiger partial charge in [0.2, 0.25) is 17.1 Å². The molecule has 0 saturated heterocycles. The third kappa shape index (κ3) is 4.49. The van der Waals surface area contributed by atoms with Crippen molar-refractivity contribution in [2.75, 3.05) is 11.1 Å². The number of aromatic nitrogens is 6. The lowest BCUT2D eigenvalue weighted by Gasteiger charge is -2.10. The number of nitrogen functional groups attached to an aromatic ring is 1. The van der Waals surface area contributed by atoms with Gasteiger partial charge in [0.1, 0.15) is 11.6 Å². The summed E-state index contributed by atoms with van der Waals surface area (Å²) in [6, 6.07) is 15.9. The van der Waals surface area contributed by atoms with E-state index in [0.29, 0.717) is 28.3 Å². The van der Waals surface area contributed by atoms with Crippen LogP contribution >= 0.6 is 11.8 Å². The van der Waals surface area contributed by atoms with Gasteiger partial charge in [-0.05, 0) is 31.2 Å². The first-order valence-electron chi connectivity index (χ1n) is 8.76. The molecule has 0 saturated carbocycles. The molecule has 0 unspecified atom stereocenters. The summed E-state index contributed by atoms with van der Waals surface area (Å²) in [5, 5.41) is 10.3. The maximum absolute atomic E-state index is 13.9. The second-order valence-corrected chi connectivity index (χ2v) is 7.38. The summed E-state index contributed by atoms with van der Waals surface area (Å²) in [6.45, 7) is 1.91. The number of nitrogens with one attached hydrogen (secondary N) is 2. The lowest BCUT2D eigenvalue weighted by molar-refractivity contribution is 0.630. The van der Waals surface area contributed by atoms with E-state index in [1.807, 2.05) is 37.3 Å². The SMILES string of the molecule is C[C@@H](Sc1n[nH]c(-c2ccccc2F)n1)c1nc(N)nc(Nc2ccccc2)n1. The molecule has 0 amide bonds. The average Bonchev–Trinajstić information content (AvgIpc) is 3.17. The fourth-order valence-electron chi connectivity index (χ4n) is 2.58. The largest absolute Gasteiger partial charge is 0.368 e. The summed E-state index contributed by atoms with van der Waals surface area (Å²) in [6.07, 6.45) is 0. The summed E-state index contributed by atoms with van der Waals surface area (Å²) in [7, 11) is 0. The molecule has 0 aliphatic rings. The van der Waals surface area contributed by atoms with Crippen LogP contribution < -0.4 is 11.1 Å². The first kappa shape index (κ1) is 18.8. The Kier molecular flexibility index (Phi) is 5.34. The molecule has 2 heterocycles. The quantitative estimate of drug-likeness (QED) is 0.410. The lowest BCUT2D eigenvalue weighted by atomic mass is 10.2. The van der Waals surface area contributed by atoms with Gasteiger partial charge in [-0.2, -0.15) is 15.0 Å². The van der Waals surface area contributed by atoms with Crippen LogP contribution in [0, 0.1) is 5.82 Å². The number of rotatable bonds is 6. The summed E-state index contributed by atoms with van der Waals surface area (Å²) < 4.78 is 13.9. The molecule has 1 atom stereocenters. The molecule has 8 nitrogen and oxygen atoms in total. The first-order chi connectivity index (χ1) is 14.1. The molecule has 29 heavy (non-hydrogen) atoms. The van der Waals surface area contributed by atoms with Gasteiger partial charge in [0, 0.05) is 5.69 Å². The average molecular weight is 408 g/mol. The highest BCUT2D eigenvalue weighted by Crippen LogP contribution is 2.32. The Hall–Kier alpha value is -3.53. The number of anilines is 3. The van der Waals surface area contributed by atoms with Gasteiger partial charge in [-0.3, -0.25) is 5.10 Å². The number of hydrogen-bond donors (Lipinski definition) is 3. The third-order valence-electron chi connectivity index (χ3n) is 3.94. The molecule has 0 aliphatic heterocycles. The van der Waals surface area contributed by atoms with E-state index >= 15 is 0 Å². The van der Waals surface area contributed by atoms with Gasteiger partial charge in [0.05, 0.1) is 10.8 Å². The number of H-pyrrole nitrogens is 1. The molecular weight excluding hydrogens is 391 g/mol. The van der Waals surface area contributed by atoms with E-state index in [4.69, 9.17) is 5.73 Å². The number of para-hydroxylation sites is 1. The van der Waals surface area contributed by atoms with Crippen molar-refractivity contribution < 1.29 is 4.39 Å². The predicted octanol–water partition coefficient (Wildman–Crippen LogP) is 3.97. The van der Waals surface area contributed by atoms with Crippen LogP contribution in [0.5, 0.6) is 0 Å². The number of halogens is 1. The maximum atomic E-state index is 13.9. The van der Waals surface area contributed by atoms with Crippen molar-refractivity contribution in [1.29, 1.82) is 0 Å². The van der Waals surface area contributed by atoms with Crippen molar-refractivity contribution in [3.05, 3.63) is 66.2 Å². The zero-order chi connectivity index (χ0) is 20.2. The van der Waals surface area contributed by atoms with Crippen LogP contribution in [-0.2, 0) is 0 Å². The van der Waals surface area contributed by atoms with Crippen LogP contribution in [0.15, 0.2) is 59.8 Å². The van der Waals surface area contributed by atoms with E-state index in [9.17, 15) is 4.39 Å². The van der Waals surface area contributed by atoms with Crippen molar-refractivity contribution in [2.24, 2.45) is 0 Å². The van der Waals surface area contributed by atoms with Crippen LogP contribution in [-0.4, -0.2) is 30.1 Å². The van der Waals surface area contributed by atoms with Gasteiger partial charge in [-0.15, -0.1) is 5.10 Å². The monoisotopic (exact) mass is 408 g/mol. The van der Waals surface area contributed by atoms with Crippen molar-refractivity contribution in [2.45, 2.75) is 17.3 Å². The molecule has 0 aliphatic carbocycles. The van der Waals surface area contributed by atoms with Crippen molar-refractivity contribution >= 4 is 29.3 Å². The van der Waals surface area contributed by atoms with Crippen LogP contribution in [0.3, 0.4) is 0 Å². The van der Waals surface area contributed by atoms with E-state index in [2.05, 4.69) is 35.5 Å². The van der Waals surface area contributed by atoms with E-state index in [1.165, 1.54) is 17.8 Å². The van der Waals surface area contributed by atoms with Crippen molar-refractivity contribution in [1.82, 2.24) is 30.1 Å². The number of nitrogens with two attached hydrogens (primary N) is 1. The molecule has 2 aromatic carbocycles. The smallest absolute Gasteiger partial charge is 0.232 e. The fraction of sp³-hybridized carbons (Fsp3) is 0.105.